The van der Waals surface area contributed by atoms with Crippen molar-refractivity contribution in [3.8, 4) is 5.75 Å². The number of nitrogens with zero attached hydrogens (tertiary/aromatic N) is 3. The lowest BCUT2D eigenvalue weighted by Crippen LogP contribution is -2.46. The predicted octanol–water partition coefficient (Wildman–Crippen LogP) is 3.00. The Morgan fingerprint density at radius 2 is 2.00 bits per heavy atom. The summed E-state index contributed by atoms with van der Waals surface area (Å²) in [6.45, 7) is 7.02. The standard InChI is InChI=1S/C17H21ClN6O2.C2H6/c1-19-15-12(18)10-21-17(23-15)22-13-4-3-11(9-14(13)26-2)16(25)24-7-5-20-6-8-24;1-2/h3-4,9-10,20H,5-8H2,1-2H3,(H2,19,21,22,23);1-2H3. The SMILES string of the molecule is CC.CNc1nc(Nc2ccc(C(=O)N3CCNCC3)cc2OC)ncc1Cl. The number of halogens is 1. The van der Waals surface area contributed by atoms with Gasteiger partial charge in [-0.15, -0.1) is 0 Å². The smallest absolute Gasteiger partial charge is 0.254 e. The molecule has 1 aliphatic heterocycles. The van der Waals surface area contributed by atoms with E-state index in [1.54, 1.807) is 32.4 Å². The molecule has 1 aliphatic rings. The molecule has 3 rings (SSSR count). The van der Waals surface area contributed by atoms with E-state index in [0.717, 1.165) is 13.1 Å². The number of nitrogens with one attached hydrogen (secondary N) is 3. The van der Waals surface area contributed by atoms with Crippen molar-refractivity contribution in [2.75, 3.05) is 51.0 Å². The lowest BCUT2D eigenvalue weighted by molar-refractivity contribution is 0.0735. The third-order valence-corrected chi connectivity index (χ3v) is 4.36. The van der Waals surface area contributed by atoms with Gasteiger partial charge in [0.2, 0.25) is 5.95 Å². The first-order chi connectivity index (χ1) is 13.6. The summed E-state index contributed by atoms with van der Waals surface area (Å²) in [6, 6.07) is 5.27. The molecule has 1 aromatic heterocycles. The van der Waals surface area contributed by atoms with Gasteiger partial charge in [0, 0.05) is 38.8 Å². The van der Waals surface area contributed by atoms with E-state index in [9.17, 15) is 4.79 Å². The molecule has 2 heterocycles. The Labute approximate surface area is 170 Å². The lowest BCUT2D eigenvalue weighted by atomic mass is 10.1. The molecule has 1 aromatic carbocycles. The van der Waals surface area contributed by atoms with E-state index in [1.165, 1.54) is 6.20 Å². The zero-order valence-electron chi connectivity index (χ0n) is 16.7. The number of amides is 1. The Balaban J connectivity index is 0.00000136. The minimum Gasteiger partial charge on any atom is -0.495 e. The Kier molecular flexibility index (Phi) is 8.28. The average molecular weight is 407 g/mol. The quantitative estimate of drug-likeness (QED) is 0.702. The first-order valence-electron chi connectivity index (χ1n) is 9.27. The minimum absolute atomic E-state index is 0.00318. The molecule has 1 amide bonds. The van der Waals surface area contributed by atoms with Crippen LogP contribution in [-0.2, 0) is 0 Å². The number of benzene rings is 1. The van der Waals surface area contributed by atoms with Gasteiger partial charge in [-0.3, -0.25) is 4.79 Å². The Bertz CT molecular complexity index is 796. The molecular weight excluding hydrogens is 380 g/mol. The maximum Gasteiger partial charge on any atom is 0.254 e. The fourth-order valence-corrected chi connectivity index (χ4v) is 2.89. The molecule has 1 saturated heterocycles. The van der Waals surface area contributed by atoms with E-state index >= 15 is 0 Å². The zero-order chi connectivity index (χ0) is 20.5. The van der Waals surface area contributed by atoms with Gasteiger partial charge in [0.1, 0.15) is 16.6 Å². The second kappa shape index (κ2) is 10.7. The number of rotatable bonds is 5. The van der Waals surface area contributed by atoms with E-state index in [2.05, 4.69) is 25.9 Å². The van der Waals surface area contributed by atoms with Crippen molar-refractivity contribution in [2.24, 2.45) is 0 Å². The highest BCUT2D eigenvalue weighted by Gasteiger charge is 2.19. The van der Waals surface area contributed by atoms with Crippen LogP contribution in [0.4, 0.5) is 17.5 Å². The summed E-state index contributed by atoms with van der Waals surface area (Å²) in [5, 5.41) is 9.66. The number of anilines is 3. The lowest BCUT2D eigenvalue weighted by Gasteiger charge is -2.27. The van der Waals surface area contributed by atoms with Crippen LogP contribution in [-0.4, -0.2) is 61.1 Å². The molecule has 3 N–H and O–H groups in total. The van der Waals surface area contributed by atoms with E-state index in [0.29, 0.717) is 46.9 Å². The van der Waals surface area contributed by atoms with Crippen LogP contribution in [0.25, 0.3) is 0 Å². The van der Waals surface area contributed by atoms with Crippen molar-refractivity contribution in [3.63, 3.8) is 0 Å². The zero-order valence-corrected chi connectivity index (χ0v) is 17.4. The predicted molar refractivity (Wildman–Crippen MR) is 113 cm³/mol. The molecule has 0 aliphatic carbocycles. The Morgan fingerprint density at radius 1 is 1.29 bits per heavy atom. The summed E-state index contributed by atoms with van der Waals surface area (Å²) >= 11 is 6.00. The van der Waals surface area contributed by atoms with Crippen LogP contribution in [0, 0.1) is 0 Å². The maximum atomic E-state index is 12.6. The van der Waals surface area contributed by atoms with Gasteiger partial charge in [0.05, 0.1) is 19.0 Å². The van der Waals surface area contributed by atoms with Crippen molar-refractivity contribution in [3.05, 3.63) is 35.0 Å². The fourth-order valence-electron chi connectivity index (χ4n) is 2.70. The van der Waals surface area contributed by atoms with E-state index in [1.807, 2.05) is 18.7 Å². The largest absolute Gasteiger partial charge is 0.495 e. The second-order valence-electron chi connectivity index (χ2n) is 5.72. The molecule has 0 bridgehead atoms. The van der Waals surface area contributed by atoms with Gasteiger partial charge in [-0.25, -0.2) is 4.98 Å². The van der Waals surface area contributed by atoms with Crippen molar-refractivity contribution in [1.82, 2.24) is 20.2 Å². The van der Waals surface area contributed by atoms with Gasteiger partial charge < -0.3 is 25.6 Å². The Morgan fingerprint density at radius 3 is 2.64 bits per heavy atom. The van der Waals surface area contributed by atoms with Crippen molar-refractivity contribution >= 4 is 35.0 Å². The van der Waals surface area contributed by atoms with Gasteiger partial charge in [-0.05, 0) is 18.2 Å². The molecule has 0 radical (unpaired) electrons. The van der Waals surface area contributed by atoms with Gasteiger partial charge in [0.15, 0.2) is 0 Å². The summed E-state index contributed by atoms with van der Waals surface area (Å²) in [5.41, 5.74) is 1.25. The first kappa shape index (κ1) is 21.7. The van der Waals surface area contributed by atoms with Crippen LogP contribution < -0.4 is 20.7 Å². The summed E-state index contributed by atoms with van der Waals surface area (Å²) < 4.78 is 5.43. The number of hydrogen-bond donors (Lipinski definition) is 3. The normalized spacial score (nSPS) is 13.2. The van der Waals surface area contributed by atoms with Crippen molar-refractivity contribution in [2.45, 2.75) is 13.8 Å². The van der Waals surface area contributed by atoms with E-state index < -0.39 is 0 Å². The molecule has 1 fully saturated rings. The third-order valence-electron chi connectivity index (χ3n) is 4.08. The summed E-state index contributed by atoms with van der Waals surface area (Å²) in [7, 11) is 3.29. The topological polar surface area (TPSA) is 91.4 Å². The second-order valence-corrected chi connectivity index (χ2v) is 6.13. The first-order valence-corrected chi connectivity index (χ1v) is 9.65. The van der Waals surface area contributed by atoms with Gasteiger partial charge in [0.25, 0.3) is 5.91 Å². The summed E-state index contributed by atoms with van der Waals surface area (Å²) in [4.78, 5) is 22.9. The molecule has 0 unspecified atom stereocenters. The number of hydrogen-bond acceptors (Lipinski definition) is 7. The molecule has 0 spiro atoms. The van der Waals surface area contributed by atoms with Gasteiger partial charge in [-0.2, -0.15) is 4.98 Å². The van der Waals surface area contributed by atoms with Gasteiger partial charge >= 0.3 is 0 Å². The van der Waals surface area contributed by atoms with Crippen LogP contribution >= 0.6 is 11.6 Å². The Hall–Kier alpha value is -2.58. The number of ether oxygens (including phenoxy) is 1. The number of carbonyl (C=O) groups is 1. The summed E-state index contributed by atoms with van der Waals surface area (Å²) in [5.74, 6) is 1.43. The number of carbonyl (C=O) groups excluding carboxylic acids is 1. The highest BCUT2D eigenvalue weighted by molar-refractivity contribution is 6.32. The fraction of sp³-hybridized carbons (Fsp3) is 0.421. The highest BCUT2D eigenvalue weighted by Crippen LogP contribution is 2.29. The number of aromatic nitrogens is 2. The molecule has 0 saturated carbocycles. The van der Waals surface area contributed by atoms with Crippen LogP contribution in [0.5, 0.6) is 5.75 Å². The van der Waals surface area contributed by atoms with Crippen LogP contribution in [0.2, 0.25) is 5.02 Å². The molecule has 8 nitrogen and oxygen atoms in total. The van der Waals surface area contributed by atoms with E-state index in [4.69, 9.17) is 16.3 Å². The van der Waals surface area contributed by atoms with Crippen LogP contribution in [0.3, 0.4) is 0 Å². The molecule has 152 valence electrons. The molecule has 28 heavy (non-hydrogen) atoms. The number of methoxy groups -OCH3 is 1. The number of piperazine rings is 1. The van der Waals surface area contributed by atoms with Crippen molar-refractivity contribution in [1.29, 1.82) is 0 Å². The molecular formula is C19H27ClN6O2. The maximum absolute atomic E-state index is 12.6. The van der Waals surface area contributed by atoms with Crippen LogP contribution in [0.1, 0.15) is 24.2 Å². The third kappa shape index (κ3) is 5.24. The average Bonchev–Trinajstić information content (AvgIpc) is 2.76. The molecule has 2 aromatic rings. The van der Waals surface area contributed by atoms with Crippen molar-refractivity contribution < 1.29 is 9.53 Å². The van der Waals surface area contributed by atoms with Gasteiger partial charge in [-0.1, -0.05) is 25.4 Å². The summed E-state index contributed by atoms with van der Waals surface area (Å²) in [6.07, 6.45) is 1.51. The van der Waals surface area contributed by atoms with Crippen LogP contribution in [0.15, 0.2) is 24.4 Å². The highest BCUT2D eigenvalue weighted by atomic mass is 35.5. The molecule has 9 heteroatoms. The minimum atomic E-state index is -0.00318. The monoisotopic (exact) mass is 406 g/mol. The molecule has 0 atom stereocenters. The van der Waals surface area contributed by atoms with E-state index in [-0.39, 0.29) is 5.91 Å².